The third-order valence-electron chi connectivity index (χ3n) is 3.79. The lowest BCUT2D eigenvalue weighted by Gasteiger charge is -2.23. The molecule has 0 bridgehead atoms. The van der Waals surface area contributed by atoms with Gasteiger partial charge in [0.25, 0.3) is 5.91 Å². The third-order valence-corrected chi connectivity index (χ3v) is 4.86. The predicted molar refractivity (Wildman–Crippen MR) is 92.6 cm³/mol. The Kier molecular flexibility index (Phi) is 4.85. The van der Waals surface area contributed by atoms with E-state index < -0.39 is 0 Å². The van der Waals surface area contributed by atoms with Crippen molar-refractivity contribution in [2.75, 3.05) is 17.6 Å². The van der Waals surface area contributed by atoms with Gasteiger partial charge < -0.3 is 10.2 Å². The molecule has 0 unspecified atom stereocenters. The summed E-state index contributed by atoms with van der Waals surface area (Å²) in [7, 11) is 0. The normalized spacial score (nSPS) is 13.2. The van der Waals surface area contributed by atoms with Gasteiger partial charge in [-0.25, -0.2) is 4.39 Å². The van der Waals surface area contributed by atoms with Crippen molar-refractivity contribution in [3.8, 4) is 0 Å². The van der Waals surface area contributed by atoms with Gasteiger partial charge in [-0.15, -0.1) is 11.8 Å². The van der Waals surface area contributed by atoms with Crippen molar-refractivity contribution < 1.29 is 14.0 Å². The van der Waals surface area contributed by atoms with Gasteiger partial charge >= 0.3 is 0 Å². The number of amides is 2. The number of hydrogen-bond donors (Lipinski definition) is 1. The number of carbonyl (C=O) groups excluding carboxylic acids is 2. The fourth-order valence-electron chi connectivity index (χ4n) is 2.58. The van der Waals surface area contributed by atoms with E-state index in [2.05, 4.69) is 5.32 Å². The van der Waals surface area contributed by atoms with Crippen LogP contribution in [0.4, 0.5) is 10.1 Å². The van der Waals surface area contributed by atoms with Crippen LogP contribution in [0.5, 0.6) is 0 Å². The Labute approximate surface area is 144 Å². The van der Waals surface area contributed by atoms with Crippen molar-refractivity contribution >= 4 is 29.3 Å². The zero-order chi connectivity index (χ0) is 17.1. The molecule has 0 atom stereocenters. The summed E-state index contributed by atoms with van der Waals surface area (Å²) in [6, 6.07) is 11.6. The average molecular weight is 344 g/mol. The molecule has 0 fully saturated rings. The maximum atomic E-state index is 13.3. The largest absolute Gasteiger partial charge is 0.335 e. The molecule has 0 aliphatic carbocycles. The molecule has 0 aromatic heterocycles. The Balaban J connectivity index is 1.81. The quantitative estimate of drug-likeness (QED) is 0.923. The zero-order valence-electron chi connectivity index (χ0n) is 13.2. The fraction of sp³-hybridized carbons (Fsp3) is 0.222. The van der Waals surface area contributed by atoms with E-state index in [1.807, 2.05) is 13.0 Å². The molecule has 3 rings (SSSR count). The number of nitrogens with zero attached hydrogens (tertiary/aromatic N) is 1. The summed E-state index contributed by atoms with van der Waals surface area (Å²) in [6.07, 6.45) is 0. The van der Waals surface area contributed by atoms with Crippen molar-refractivity contribution in [2.24, 2.45) is 0 Å². The first-order chi connectivity index (χ1) is 11.6. The second-order valence-electron chi connectivity index (χ2n) is 5.50. The first-order valence-electron chi connectivity index (χ1n) is 7.67. The summed E-state index contributed by atoms with van der Waals surface area (Å²) >= 11 is 1.46. The molecule has 1 N–H and O–H groups in total. The van der Waals surface area contributed by atoms with Gasteiger partial charge in [0.15, 0.2) is 0 Å². The number of carbonyl (C=O) groups is 2. The molecular formula is C18H17FN2O2S. The van der Waals surface area contributed by atoms with Crippen molar-refractivity contribution in [1.29, 1.82) is 0 Å². The number of rotatable bonds is 4. The second kappa shape index (κ2) is 7.05. The molecule has 1 aliphatic heterocycles. The molecule has 6 heteroatoms. The number of nitrogens with one attached hydrogen (secondary N) is 1. The van der Waals surface area contributed by atoms with Crippen LogP contribution in [-0.2, 0) is 11.3 Å². The van der Waals surface area contributed by atoms with Crippen LogP contribution in [-0.4, -0.2) is 29.0 Å². The fourth-order valence-corrected chi connectivity index (χ4v) is 3.37. The van der Waals surface area contributed by atoms with Gasteiger partial charge in [0.05, 0.1) is 11.4 Å². The number of fused-ring (bicyclic) bond motifs is 1. The Morgan fingerprint density at radius 1 is 1.29 bits per heavy atom. The van der Waals surface area contributed by atoms with Crippen LogP contribution < -0.4 is 5.32 Å². The summed E-state index contributed by atoms with van der Waals surface area (Å²) in [6.45, 7) is 2.73. The average Bonchev–Trinajstić information content (AvgIpc) is 2.58. The Hall–Kier alpha value is -2.34. The number of thioether (sulfide) groups is 1. The highest BCUT2D eigenvalue weighted by Gasteiger charge is 2.20. The summed E-state index contributed by atoms with van der Waals surface area (Å²) in [5.41, 5.74) is 1.92. The third kappa shape index (κ3) is 3.59. The summed E-state index contributed by atoms with van der Waals surface area (Å²) < 4.78 is 13.3. The van der Waals surface area contributed by atoms with E-state index >= 15 is 0 Å². The molecule has 0 saturated carbocycles. The number of anilines is 1. The molecule has 124 valence electrons. The molecule has 4 nitrogen and oxygen atoms in total. The van der Waals surface area contributed by atoms with E-state index in [4.69, 9.17) is 0 Å². The lowest BCUT2D eigenvalue weighted by atomic mass is 10.1. The minimum absolute atomic E-state index is 0.0655. The first-order valence-corrected chi connectivity index (χ1v) is 8.66. The highest BCUT2D eigenvalue weighted by molar-refractivity contribution is 8.00. The van der Waals surface area contributed by atoms with Gasteiger partial charge in [-0.3, -0.25) is 9.59 Å². The maximum absolute atomic E-state index is 13.3. The zero-order valence-corrected chi connectivity index (χ0v) is 14.0. The van der Waals surface area contributed by atoms with Crippen LogP contribution in [0.2, 0.25) is 0 Å². The molecule has 2 aromatic rings. The van der Waals surface area contributed by atoms with Crippen molar-refractivity contribution in [3.63, 3.8) is 0 Å². The van der Waals surface area contributed by atoms with Gasteiger partial charge in [-0.2, -0.15) is 0 Å². The summed E-state index contributed by atoms with van der Waals surface area (Å²) in [5.74, 6) is -0.135. The molecule has 1 heterocycles. The lowest BCUT2D eigenvalue weighted by Crippen LogP contribution is -2.30. The number of hydrogen-bond acceptors (Lipinski definition) is 3. The Bertz CT molecular complexity index is 794. The topological polar surface area (TPSA) is 49.4 Å². The molecule has 2 amide bonds. The monoisotopic (exact) mass is 344 g/mol. The van der Waals surface area contributed by atoms with Gasteiger partial charge in [0, 0.05) is 23.5 Å². The van der Waals surface area contributed by atoms with Gasteiger partial charge in [-0.05, 0) is 42.8 Å². The van der Waals surface area contributed by atoms with E-state index in [0.29, 0.717) is 30.1 Å². The molecule has 1 aliphatic rings. The van der Waals surface area contributed by atoms with Gasteiger partial charge in [-0.1, -0.05) is 12.1 Å². The van der Waals surface area contributed by atoms with E-state index in [9.17, 15) is 14.0 Å². The standard InChI is InChI=1S/C18H17FN2O2S/c1-2-21(10-12-4-3-5-14(19)8-12)18(23)13-6-7-16-15(9-13)20-17(22)11-24-16/h3-9H,2,10-11H2,1H3,(H,20,22). The summed E-state index contributed by atoms with van der Waals surface area (Å²) in [4.78, 5) is 26.9. The second-order valence-corrected chi connectivity index (χ2v) is 6.51. The van der Waals surface area contributed by atoms with Crippen LogP contribution >= 0.6 is 11.8 Å². The highest BCUT2D eigenvalue weighted by atomic mass is 32.2. The molecule has 0 saturated heterocycles. The van der Waals surface area contributed by atoms with Crippen LogP contribution in [0.25, 0.3) is 0 Å². The van der Waals surface area contributed by atoms with Crippen LogP contribution in [0, 0.1) is 5.82 Å². The molecule has 24 heavy (non-hydrogen) atoms. The van der Waals surface area contributed by atoms with Crippen molar-refractivity contribution in [3.05, 3.63) is 59.4 Å². The minimum atomic E-state index is -0.315. The van der Waals surface area contributed by atoms with Gasteiger partial charge in [0.2, 0.25) is 5.91 Å². The van der Waals surface area contributed by atoms with Crippen molar-refractivity contribution in [1.82, 2.24) is 4.90 Å². The van der Waals surface area contributed by atoms with Crippen LogP contribution in [0.15, 0.2) is 47.4 Å². The van der Waals surface area contributed by atoms with E-state index in [1.54, 1.807) is 29.2 Å². The minimum Gasteiger partial charge on any atom is -0.335 e. The smallest absolute Gasteiger partial charge is 0.254 e. The van der Waals surface area contributed by atoms with E-state index in [0.717, 1.165) is 10.5 Å². The number of halogens is 1. The van der Waals surface area contributed by atoms with E-state index in [-0.39, 0.29) is 17.6 Å². The van der Waals surface area contributed by atoms with Gasteiger partial charge in [0.1, 0.15) is 5.82 Å². The maximum Gasteiger partial charge on any atom is 0.254 e. The Morgan fingerprint density at radius 3 is 2.88 bits per heavy atom. The molecule has 0 spiro atoms. The number of benzene rings is 2. The summed E-state index contributed by atoms with van der Waals surface area (Å²) in [5, 5.41) is 2.79. The Morgan fingerprint density at radius 2 is 2.12 bits per heavy atom. The highest BCUT2D eigenvalue weighted by Crippen LogP contribution is 2.32. The van der Waals surface area contributed by atoms with Crippen molar-refractivity contribution in [2.45, 2.75) is 18.4 Å². The first kappa shape index (κ1) is 16.5. The SMILES string of the molecule is CCN(Cc1cccc(F)c1)C(=O)c1ccc2c(c1)NC(=O)CS2. The van der Waals surface area contributed by atoms with E-state index in [1.165, 1.54) is 23.9 Å². The van der Waals surface area contributed by atoms with Crippen LogP contribution in [0.1, 0.15) is 22.8 Å². The molecular weight excluding hydrogens is 327 g/mol. The molecule has 2 aromatic carbocycles. The lowest BCUT2D eigenvalue weighted by molar-refractivity contribution is -0.113. The predicted octanol–water partition coefficient (Wildman–Crippen LogP) is 3.53. The van der Waals surface area contributed by atoms with Crippen LogP contribution in [0.3, 0.4) is 0 Å². The molecule has 0 radical (unpaired) electrons.